The van der Waals surface area contributed by atoms with Gasteiger partial charge in [-0.1, -0.05) is 0 Å². The molecule has 0 aromatic heterocycles. The highest BCUT2D eigenvalue weighted by molar-refractivity contribution is 7.91. The van der Waals surface area contributed by atoms with Gasteiger partial charge in [-0.25, -0.2) is 12.8 Å². The van der Waals surface area contributed by atoms with E-state index in [0.717, 1.165) is 6.42 Å². The zero-order chi connectivity index (χ0) is 10.2. The Balaban J connectivity index is 2.04. The summed E-state index contributed by atoms with van der Waals surface area (Å²) in [7, 11) is -2.89. The molecule has 0 aliphatic carbocycles. The van der Waals surface area contributed by atoms with E-state index < -0.39 is 16.0 Å². The number of rotatable bonds is 1. The van der Waals surface area contributed by atoms with Crippen LogP contribution in [-0.2, 0) is 9.84 Å². The zero-order valence-electron chi connectivity index (χ0n) is 8.08. The van der Waals surface area contributed by atoms with Crippen molar-refractivity contribution in [3.63, 3.8) is 0 Å². The van der Waals surface area contributed by atoms with Crippen molar-refractivity contribution >= 4 is 9.84 Å². The van der Waals surface area contributed by atoms with Crippen LogP contribution in [0, 0.1) is 11.8 Å². The second-order valence-corrected chi connectivity index (χ2v) is 6.58. The fraction of sp³-hybridized carbons (Fsp3) is 1.00. The number of hydrogen-bond acceptors (Lipinski definition) is 3. The Morgan fingerprint density at radius 1 is 1.29 bits per heavy atom. The van der Waals surface area contributed by atoms with Crippen molar-refractivity contribution < 1.29 is 12.8 Å². The SMILES string of the molecule is O=S1(=O)CCCC(C2CNCC2F)C1. The predicted molar refractivity (Wildman–Crippen MR) is 52.6 cm³/mol. The number of alkyl halides is 1. The minimum absolute atomic E-state index is 0.0405. The summed E-state index contributed by atoms with van der Waals surface area (Å²) < 4.78 is 36.1. The van der Waals surface area contributed by atoms with Gasteiger partial charge in [0.2, 0.25) is 0 Å². The van der Waals surface area contributed by atoms with E-state index in [1.54, 1.807) is 0 Å². The molecule has 0 radical (unpaired) electrons. The standard InChI is InChI=1S/C9H16FNO2S/c10-9-5-11-4-8(9)7-2-1-3-14(12,13)6-7/h7-9,11H,1-6H2. The third-order valence-corrected chi connectivity index (χ3v) is 5.13. The molecule has 2 rings (SSSR count). The lowest BCUT2D eigenvalue weighted by atomic mass is 9.88. The maximum atomic E-state index is 13.4. The normalized spacial score (nSPS) is 42.5. The molecule has 2 saturated heterocycles. The number of halogens is 1. The van der Waals surface area contributed by atoms with E-state index >= 15 is 0 Å². The Labute approximate surface area is 84.0 Å². The zero-order valence-corrected chi connectivity index (χ0v) is 8.89. The Morgan fingerprint density at radius 2 is 2.07 bits per heavy atom. The summed E-state index contributed by atoms with van der Waals surface area (Å²) in [6, 6.07) is 0. The van der Waals surface area contributed by atoms with Gasteiger partial charge in [0.25, 0.3) is 0 Å². The maximum Gasteiger partial charge on any atom is 0.150 e. The van der Waals surface area contributed by atoms with Crippen molar-refractivity contribution in [3.8, 4) is 0 Å². The Kier molecular flexibility index (Phi) is 2.79. The molecule has 82 valence electrons. The first-order valence-electron chi connectivity index (χ1n) is 5.14. The minimum Gasteiger partial charge on any atom is -0.313 e. The van der Waals surface area contributed by atoms with Crippen LogP contribution in [0.25, 0.3) is 0 Å². The highest BCUT2D eigenvalue weighted by atomic mass is 32.2. The average molecular weight is 221 g/mol. The predicted octanol–water partition coefficient (Wildman–Crippen LogP) is 0.369. The van der Waals surface area contributed by atoms with E-state index in [1.165, 1.54) is 0 Å². The van der Waals surface area contributed by atoms with Crippen LogP contribution in [0.15, 0.2) is 0 Å². The molecule has 3 atom stereocenters. The summed E-state index contributed by atoms with van der Waals surface area (Å²) in [6.07, 6.45) is 0.718. The van der Waals surface area contributed by atoms with Crippen LogP contribution >= 0.6 is 0 Å². The molecule has 3 unspecified atom stereocenters. The Bertz CT molecular complexity index is 304. The minimum atomic E-state index is -2.89. The topological polar surface area (TPSA) is 46.2 Å². The first-order valence-corrected chi connectivity index (χ1v) is 6.96. The van der Waals surface area contributed by atoms with E-state index in [4.69, 9.17) is 0 Å². The van der Waals surface area contributed by atoms with Crippen molar-refractivity contribution in [1.82, 2.24) is 5.32 Å². The van der Waals surface area contributed by atoms with E-state index in [-0.39, 0.29) is 17.6 Å². The van der Waals surface area contributed by atoms with Gasteiger partial charge < -0.3 is 5.32 Å². The third-order valence-electron chi connectivity index (χ3n) is 3.29. The molecule has 0 aromatic rings. The quantitative estimate of drug-likeness (QED) is 0.696. The van der Waals surface area contributed by atoms with Gasteiger partial charge >= 0.3 is 0 Å². The largest absolute Gasteiger partial charge is 0.313 e. The van der Waals surface area contributed by atoms with Crippen LogP contribution in [0.1, 0.15) is 12.8 Å². The second kappa shape index (κ2) is 3.77. The van der Waals surface area contributed by atoms with E-state index in [9.17, 15) is 12.8 Å². The van der Waals surface area contributed by atoms with Crippen LogP contribution in [0.5, 0.6) is 0 Å². The molecule has 2 fully saturated rings. The van der Waals surface area contributed by atoms with Gasteiger partial charge in [0, 0.05) is 19.0 Å². The summed E-state index contributed by atoms with van der Waals surface area (Å²) in [6.45, 7) is 1.03. The molecule has 14 heavy (non-hydrogen) atoms. The first-order chi connectivity index (χ1) is 6.58. The molecular weight excluding hydrogens is 205 g/mol. The summed E-state index contributed by atoms with van der Waals surface area (Å²) in [5, 5.41) is 2.98. The molecule has 0 spiro atoms. The van der Waals surface area contributed by atoms with Gasteiger partial charge in [-0.15, -0.1) is 0 Å². The van der Waals surface area contributed by atoms with E-state index in [2.05, 4.69) is 5.32 Å². The highest BCUT2D eigenvalue weighted by Gasteiger charge is 2.37. The lowest BCUT2D eigenvalue weighted by Crippen LogP contribution is -2.34. The second-order valence-electron chi connectivity index (χ2n) is 4.35. The molecule has 0 saturated carbocycles. The summed E-state index contributed by atoms with van der Waals surface area (Å²) in [4.78, 5) is 0. The third kappa shape index (κ3) is 2.08. The molecule has 2 heterocycles. The van der Waals surface area contributed by atoms with Gasteiger partial charge in [0.1, 0.15) is 6.17 Å². The average Bonchev–Trinajstić information content (AvgIpc) is 2.49. The summed E-state index contributed by atoms with van der Waals surface area (Å²) in [5.74, 6) is 0.448. The van der Waals surface area contributed by atoms with E-state index in [0.29, 0.717) is 25.3 Å². The number of hydrogen-bond donors (Lipinski definition) is 1. The molecule has 2 aliphatic heterocycles. The smallest absolute Gasteiger partial charge is 0.150 e. The molecular formula is C9H16FNO2S. The molecule has 5 heteroatoms. The lowest BCUT2D eigenvalue weighted by Gasteiger charge is -2.27. The van der Waals surface area contributed by atoms with E-state index in [1.807, 2.05) is 0 Å². The van der Waals surface area contributed by atoms with Gasteiger partial charge in [-0.2, -0.15) is 0 Å². The summed E-state index contributed by atoms with van der Waals surface area (Å²) >= 11 is 0. The van der Waals surface area contributed by atoms with Crippen molar-refractivity contribution in [2.24, 2.45) is 11.8 Å². The van der Waals surface area contributed by atoms with Crippen molar-refractivity contribution in [2.75, 3.05) is 24.6 Å². The molecule has 1 N–H and O–H groups in total. The molecule has 0 amide bonds. The molecule has 0 bridgehead atoms. The Hall–Kier alpha value is -0.160. The maximum absolute atomic E-state index is 13.4. The van der Waals surface area contributed by atoms with Gasteiger partial charge in [0.15, 0.2) is 9.84 Å². The van der Waals surface area contributed by atoms with Crippen LogP contribution in [-0.4, -0.2) is 39.2 Å². The van der Waals surface area contributed by atoms with Gasteiger partial charge in [-0.3, -0.25) is 0 Å². The lowest BCUT2D eigenvalue weighted by molar-refractivity contribution is 0.214. The van der Waals surface area contributed by atoms with Crippen LogP contribution in [0.2, 0.25) is 0 Å². The monoisotopic (exact) mass is 221 g/mol. The number of sulfone groups is 1. The first kappa shape index (κ1) is 10.4. The fourth-order valence-electron chi connectivity index (χ4n) is 2.53. The molecule has 2 aliphatic rings. The van der Waals surface area contributed by atoms with Crippen molar-refractivity contribution in [3.05, 3.63) is 0 Å². The van der Waals surface area contributed by atoms with Crippen molar-refractivity contribution in [2.45, 2.75) is 19.0 Å². The fourth-order valence-corrected chi connectivity index (χ4v) is 4.36. The van der Waals surface area contributed by atoms with Crippen molar-refractivity contribution in [1.29, 1.82) is 0 Å². The number of nitrogens with one attached hydrogen (secondary N) is 1. The summed E-state index contributed by atoms with van der Waals surface area (Å²) in [5.41, 5.74) is 0. The van der Waals surface area contributed by atoms with Gasteiger partial charge in [-0.05, 0) is 18.8 Å². The highest BCUT2D eigenvalue weighted by Crippen LogP contribution is 2.30. The van der Waals surface area contributed by atoms with Gasteiger partial charge in [0.05, 0.1) is 11.5 Å². The van der Waals surface area contributed by atoms with Crippen LogP contribution in [0.4, 0.5) is 4.39 Å². The molecule has 0 aromatic carbocycles. The van der Waals surface area contributed by atoms with Crippen LogP contribution < -0.4 is 5.32 Å². The van der Waals surface area contributed by atoms with Crippen LogP contribution in [0.3, 0.4) is 0 Å². The molecule has 3 nitrogen and oxygen atoms in total. The Morgan fingerprint density at radius 3 is 2.64 bits per heavy atom.